The maximum atomic E-state index is 12.8. The van der Waals surface area contributed by atoms with Crippen molar-refractivity contribution in [1.82, 2.24) is 20.1 Å². The fourth-order valence-electron chi connectivity index (χ4n) is 3.34. The summed E-state index contributed by atoms with van der Waals surface area (Å²) < 4.78 is 42.8. The lowest BCUT2D eigenvalue weighted by molar-refractivity contribution is -0.137. The summed E-state index contributed by atoms with van der Waals surface area (Å²) in [6, 6.07) is 10.9. The lowest BCUT2D eigenvalue weighted by Crippen LogP contribution is -2.49. The zero-order chi connectivity index (χ0) is 24.3. The maximum absolute atomic E-state index is 12.8. The minimum Gasteiger partial charge on any atom is -0.351 e. The molecule has 1 aliphatic heterocycles. The molecule has 1 saturated heterocycles. The predicted molar refractivity (Wildman–Crippen MR) is 113 cm³/mol. The Morgan fingerprint density at radius 3 is 2.21 bits per heavy atom. The number of alkyl halides is 3. The minimum absolute atomic E-state index is 0.162. The van der Waals surface area contributed by atoms with Crippen LogP contribution in [0.25, 0.3) is 11.4 Å². The number of benzene rings is 2. The zero-order valence-electron chi connectivity index (χ0n) is 18.0. The third-order valence-corrected chi connectivity index (χ3v) is 5.11. The minimum atomic E-state index is -4.45. The van der Waals surface area contributed by atoms with Crippen LogP contribution in [0.1, 0.15) is 21.8 Å². The molecule has 0 saturated carbocycles. The molecule has 2 amide bonds. The molecule has 0 radical (unpaired) electrons. The summed E-state index contributed by atoms with van der Waals surface area (Å²) in [6.07, 6.45) is -5.28. The largest absolute Gasteiger partial charge is 0.430 e. The second kappa shape index (κ2) is 9.51. The van der Waals surface area contributed by atoms with E-state index in [0.29, 0.717) is 30.4 Å². The van der Waals surface area contributed by atoms with Gasteiger partial charge >= 0.3 is 12.3 Å². The van der Waals surface area contributed by atoms with Crippen molar-refractivity contribution in [2.24, 2.45) is 0 Å². The van der Waals surface area contributed by atoms with Gasteiger partial charge in [-0.1, -0.05) is 17.3 Å². The van der Waals surface area contributed by atoms with E-state index < -0.39 is 17.8 Å². The van der Waals surface area contributed by atoms with E-state index in [9.17, 15) is 22.8 Å². The molecule has 0 unspecified atom stereocenters. The van der Waals surface area contributed by atoms with E-state index in [4.69, 9.17) is 9.36 Å². The number of nitrogens with one attached hydrogen (secondary N) is 1. The molecule has 1 aliphatic rings. The van der Waals surface area contributed by atoms with Crippen molar-refractivity contribution in [2.75, 3.05) is 31.5 Å². The SMILES string of the molecule is Cc1nc(-c2ccc(C(=O)N3CCN(OC(=O)Nc4ccc(C(F)(F)F)cc4)CC3)cc2)no1. The standard InChI is InChI=1S/C22H20F3N5O4/c1-14-26-19(28-33-14)15-2-4-16(5-3-15)20(31)29-10-12-30(13-11-29)34-21(32)27-18-8-6-17(7-9-18)22(23,24)25/h2-9H,10-13H2,1H3,(H,27,32). The van der Waals surface area contributed by atoms with E-state index in [-0.39, 0.29) is 24.7 Å². The quantitative estimate of drug-likeness (QED) is 0.609. The number of amides is 2. The molecule has 2 aromatic carbocycles. The molecular weight excluding hydrogens is 455 g/mol. The van der Waals surface area contributed by atoms with Crippen LogP contribution in [0.4, 0.5) is 23.7 Å². The first-order valence-electron chi connectivity index (χ1n) is 10.3. The van der Waals surface area contributed by atoms with E-state index in [2.05, 4.69) is 15.5 Å². The van der Waals surface area contributed by atoms with Gasteiger partial charge in [-0.3, -0.25) is 10.1 Å². The second-order valence-electron chi connectivity index (χ2n) is 7.51. The molecule has 9 nitrogen and oxygen atoms in total. The van der Waals surface area contributed by atoms with Gasteiger partial charge in [0.15, 0.2) is 0 Å². The summed E-state index contributed by atoms with van der Waals surface area (Å²) in [5, 5.41) is 7.62. The first kappa shape index (κ1) is 23.2. The van der Waals surface area contributed by atoms with Crippen molar-refractivity contribution in [1.29, 1.82) is 0 Å². The Hall–Kier alpha value is -3.93. The van der Waals surface area contributed by atoms with Crippen LogP contribution in [0, 0.1) is 6.92 Å². The smallest absolute Gasteiger partial charge is 0.351 e. The van der Waals surface area contributed by atoms with Crippen LogP contribution in [0.2, 0.25) is 0 Å². The third kappa shape index (κ3) is 5.52. The Balaban J connectivity index is 1.26. The Morgan fingerprint density at radius 1 is 1.00 bits per heavy atom. The van der Waals surface area contributed by atoms with Crippen LogP contribution >= 0.6 is 0 Å². The number of anilines is 1. The highest BCUT2D eigenvalue weighted by atomic mass is 19.4. The molecule has 1 N–H and O–H groups in total. The van der Waals surface area contributed by atoms with Gasteiger partial charge in [-0.25, -0.2) is 4.79 Å². The lowest BCUT2D eigenvalue weighted by Gasteiger charge is -2.33. The molecule has 0 aliphatic carbocycles. The van der Waals surface area contributed by atoms with E-state index in [1.54, 1.807) is 36.1 Å². The summed E-state index contributed by atoms with van der Waals surface area (Å²) in [5.74, 6) is 0.727. The normalized spacial score (nSPS) is 14.6. The Kier molecular flexibility index (Phi) is 6.50. The predicted octanol–water partition coefficient (Wildman–Crippen LogP) is 3.99. The van der Waals surface area contributed by atoms with Crippen LogP contribution in [-0.4, -0.2) is 58.3 Å². The number of hydrogen-bond donors (Lipinski definition) is 1. The molecule has 1 aromatic heterocycles. The number of carbonyl (C=O) groups is 2. The van der Waals surface area contributed by atoms with Crippen molar-refractivity contribution in [2.45, 2.75) is 13.1 Å². The number of aryl methyl sites for hydroxylation is 1. The van der Waals surface area contributed by atoms with E-state index in [0.717, 1.165) is 29.8 Å². The van der Waals surface area contributed by atoms with Gasteiger partial charge in [-0.15, -0.1) is 5.06 Å². The molecule has 0 atom stereocenters. The van der Waals surface area contributed by atoms with Crippen molar-refractivity contribution in [3.63, 3.8) is 0 Å². The molecule has 0 spiro atoms. The molecule has 12 heteroatoms. The number of rotatable bonds is 4. The molecule has 34 heavy (non-hydrogen) atoms. The molecular formula is C22H20F3N5O4. The molecule has 4 rings (SSSR count). The number of halogens is 3. The summed E-state index contributed by atoms with van der Waals surface area (Å²) >= 11 is 0. The summed E-state index contributed by atoms with van der Waals surface area (Å²) in [4.78, 5) is 35.8. The van der Waals surface area contributed by atoms with Gasteiger partial charge in [0.1, 0.15) is 0 Å². The van der Waals surface area contributed by atoms with Crippen molar-refractivity contribution >= 4 is 17.7 Å². The first-order valence-corrected chi connectivity index (χ1v) is 10.3. The second-order valence-corrected chi connectivity index (χ2v) is 7.51. The highest BCUT2D eigenvalue weighted by molar-refractivity contribution is 5.94. The molecule has 0 bridgehead atoms. The number of nitrogens with zero attached hydrogens (tertiary/aromatic N) is 4. The van der Waals surface area contributed by atoms with Crippen molar-refractivity contribution in [3.8, 4) is 11.4 Å². The van der Waals surface area contributed by atoms with Crippen LogP contribution in [-0.2, 0) is 11.0 Å². The van der Waals surface area contributed by atoms with Gasteiger partial charge < -0.3 is 14.3 Å². The van der Waals surface area contributed by atoms with E-state index in [1.165, 1.54) is 5.06 Å². The van der Waals surface area contributed by atoms with Crippen molar-refractivity contribution < 1.29 is 32.1 Å². The Bertz CT molecular complexity index is 1150. The average molecular weight is 475 g/mol. The average Bonchev–Trinajstić information content (AvgIpc) is 3.25. The Labute approximate surface area is 192 Å². The molecule has 2 heterocycles. The van der Waals surface area contributed by atoms with Gasteiger partial charge in [0.2, 0.25) is 11.7 Å². The van der Waals surface area contributed by atoms with Crippen LogP contribution in [0.15, 0.2) is 53.1 Å². The summed E-state index contributed by atoms with van der Waals surface area (Å²) in [6.45, 7) is 2.92. The van der Waals surface area contributed by atoms with E-state index >= 15 is 0 Å². The maximum Gasteiger partial charge on any atom is 0.430 e. The first-order chi connectivity index (χ1) is 16.2. The van der Waals surface area contributed by atoms with E-state index in [1.807, 2.05) is 0 Å². The van der Waals surface area contributed by atoms with Crippen LogP contribution in [0.5, 0.6) is 0 Å². The fraction of sp³-hybridized carbons (Fsp3) is 0.273. The number of aromatic nitrogens is 2. The lowest BCUT2D eigenvalue weighted by atomic mass is 10.1. The monoisotopic (exact) mass is 475 g/mol. The summed E-state index contributed by atoms with van der Waals surface area (Å²) in [7, 11) is 0. The number of hydroxylamine groups is 2. The highest BCUT2D eigenvalue weighted by Gasteiger charge is 2.30. The summed E-state index contributed by atoms with van der Waals surface area (Å²) in [5.41, 5.74) is 0.585. The molecule has 1 fully saturated rings. The number of carbonyl (C=O) groups excluding carboxylic acids is 2. The Morgan fingerprint density at radius 2 is 1.65 bits per heavy atom. The van der Waals surface area contributed by atoms with Gasteiger partial charge in [0, 0.05) is 36.8 Å². The van der Waals surface area contributed by atoms with Crippen LogP contribution < -0.4 is 5.32 Å². The number of hydrogen-bond acceptors (Lipinski definition) is 7. The van der Waals surface area contributed by atoms with Gasteiger partial charge in [-0.2, -0.15) is 18.2 Å². The molecule has 178 valence electrons. The molecule has 3 aromatic rings. The zero-order valence-corrected chi connectivity index (χ0v) is 18.0. The topological polar surface area (TPSA) is 101 Å². The van der Waals surface area contributed by atoms with Gasteiger partial charge in [0.05, 0.1) is 18.7 Å². The highest BCUT2D eigenvalue weighted by Crippen LogP contribution is 2.29. The van der Waals surface area contributed by atoms with Crippen molar-refractivity contribution in [3.05, 3.63) is 65.5 Å². The third-order valence-electron chi connectivity index (χ3n) is 5.11. The van der Waals surface area contributed by atoms with Gasteiger partial charge in [-0.05, 0) is 36.4 Å². The fourth-order valence-corrected chi connectivity index (χ4v) is 3.34. The van der Waals surface area contributed by atoms with Crippen LogP contribution in [0.3, 0.4) is 0 Å². The van der Waals surface area contributed by atoms with Gasteiger partial charge in [0.25, 0.3) is 5.91 Å². The number of piperazine rings is 1.